The van der Waals surface area contributed by atoms with E-state index in [2.05, 4.69) is 19.2 Å². The fraction of sp³-hybridized carbons (Fsp3) is 0.500. The van der Waals surface area contributed by atoms with Crippen LogP contribution < -0.4 is 10.1 Å². The third-order valence-electron chi connectivity index (χ3n) is 2.58. The van der Waals surface area contributed by atoms with Crippen molar-refractivity contribution in [1.29, 1.82) is 0 Å². The lowest BCUT2D eigenvalue weighted by Gasteiger charge is -2.15. The zero-order valence-electron chi connectivity index (χ0n) is 12.6. The van der Waals surface area contributed by atoms with Crippen molar-refractivity contribution in [1.82, 2.24) is 0 Å². The molecule has 0 saturated heterocycles. The number of hydrogen-bond acceptors (Lipinski definition) is 3. The summed E-state index contributed by atoms with van der Waals surface area (Å²) >= 11 is 0. The second-order valence-corrected chi connectivity index (χ2v) is 5.72. The Bertz CT molecular complexity index is 467. The van der Waals surface area contributed by atoms with Crippen LogP contribution in [0.5, 0.6) is 5.75 Å². The Morgan fingerprint density at radius 1 is 1.25 bits per heavy atom. The second-order valence-electron chi connectivity index (χ2n) is 5.72. The maximum absolute atomic E-state index is 11.9. The van der Waals surface area contributed by atoms with E-state index in [1.165, 1.54) is 0 Å². The molecule has 0 heterocycles. The predicted octanol–water partition coefficient (Wildman–Crippen LogP) is 3.52. The molecule has 0 unspecified atom stereocenters. The minimum atomic E-state index is -0.0718. The molecule has 1 aromatic carbocycles. The molecule has 1 rings (SSSR count). The molecule has 1 N–H and O–H groups in total. The Hall–Kier alpha value is -1.84. The van der Waals surface area contributed by atoms with Gasteiger partial charge in [-0.1, -0.05) is 27.7 Å². The van der Waals surface area contributed by atoms with E-state index in [-0.39, 0.29) is 11.8 Å². The molecule has 1 aromatic rings. The van der Waals surface area contributed by atoms with Gasteiger partial charge in [-0.2, -0.15) is 0 Å². The summed E-state index contributed by atoms with van der Waals surface area (Å²) in [4.78, 5) is 22.7. The number of benzene rings is 1. The zero-order chi connectivity index (χ0) is 15.1. The summed E-state index contributed by atoms with van der Waals surface area (Å²) in [5.74, 6) is 1.20. The van der Waals surface area contributed by atoms with Crippen LogP contribution in [0.15, 0.2) is 18.2 Å². The molecule has 0 fully saturated rings. The quantitative estimate of drug-likeness (QED) is 0.776. The summed E-state index contributed by atoms with van der Waals surface area (Å²) in [7, 11) is 0. The molecular formula is C16H23NO3. The van der Waals surface area contributed by atoms with Gasteiger partial charge in [0, 0.05) is 12.0 Å². The number of hydrogen-bond donors (Lipinski definition) is 1. The summed E-state index contributed by atoms with van der Waals surface area (Å²) in [6.07, 6.45) is 1.19. The minimum absolute atomic E-state index is 0.0718. The molecule has 0 saturated carbocycles. The Morgan fingerprint density at radius 2 is 1.95 bits per heavy atom. The third kappa shape index (κ3) is 5.43. The van der Waals surface area contributed by atoms with Gasteiger partial charge in [0.25, 0.3) is 0 Å². The molecule has 1 amide bonds. The first kappa shape index (κ1) is 16.2. The van der Waals surface area contributed by atoms with E-state index >= 15 is 0 Å². The fourth-order valence-corrected chi connectivity index (χ4v) is 1.67. The number of carbonyl (C=O) groups is 2. The van der Waals surface area contributed by atoms with Gasteiger partial charge in [-0.25, -0.2) is 0 Å². The van der Waals surface area contributed by atoms with Crippen molar-refractivity contribution in [2.24, 2.45) is 11.8 Å². The average Bonchev–Trinajstić information content (AvgIpc) is 2.35. The number of rotatable bonds is 7. The normalized spacial score (nSPS) is 10.7. The van der Waals surface area contributed by atoms with Crippen molar-refractivity contribution in [2.45, 2.75) is 34.1 Å². The van der Waals surface area contributed by atoms with Crippen molar-refractivity contribution in [2.75, 3.05) is 11.9 Å². The molecule has 4 nitrogen and oxygen atoms in total. The fourth-order valence-electron chi connectivity index (χ4n) is 1.67. The number of anilines is 1. The summed E-state index contributed by atoms with van der Waals surface area (Å²) in [5, 5.41) is 2.82. The van der Waals surface area contributed by atoms with E-state index < -0.39 is 0 Å². The highest BCUT2D eigenvalue weighted by Crippen LogP contribution is 2.26. The van der Waals surface area contributed by atoms with Crippen LogP contribution in [0.4, 0.5) is 5.69 Å². The minimum Gasteiger partial charge on any atom is -0.491 e. The summed E-state index contributed by atoms with van der Waals surface area (Å²) in [6.45, 7) is 8.64. The molecule has 0 aliphatic heterocycles. The topological polar surface area (TPSA) is 55.4 Å². The average molecular weight is 277 g/mol. The highest BCUT2D eigenvalue weighted by atomic mass is 16.5. The van der Waals surface area contributed by atoms with Crippen LogP contribution in [0.1, 0.15) is 44.5 Å². The highest BCUT2D eigenvalue weighted by molar-refractivity contribution is 5.93. The molecule has 0 bridgehead atoms. The largest absolute Gasteiger partial charge is 0.491 e. The SMILES string of the molecule is CC(C)COc1ccc(C=O)cc1NC(=O)CC(C)C. The van der Waals surface area contributed by atoms with Gasteiger partial charge in [-0.3, -0.25) is 9.59 Å². The number of aldehydes is 1. The lowest BCUT2D eigenvalue weighted by molar-refractivity contribution is -0.116. The van der Waals surface area contributed by atoms with Crippen molar-refractivity contribution >= 4 is 17.9 Å². The third-order valence-corrected chi connectivity index (χ3v) is 2.58. The van der Waals surface area contributed by atoms with Crippen LogP contribution >= 0.6 is 0 Å². The van der Waals surface area contributed by atoms with E-state index in [4.69, 9.17) is 4.74 Å². The molecule has 0 aromatic heterocycles. The molecule has 110 valence electrons. The molecular weight excluding hydrogens is 254 g/mol. The van der Waals surface area contributed by atoms with Gasteiger partial charge in [0.1, 0.15) is 12.0 Å². The van der Waals surface area contributed by atoms with Crippen LogP contribution in [0.3, 0.4) is 0 Å². The summed E-state index contributed by atoms with van der Waals surface area (Å²) < 4.78 is 5.67. The number of nitrogens with one attached hydrogen (secondary N) is 1. The molecule has 0 spiro atoms. The van der Waals surface area contributed by atoms with Crippen LogP contribution in [-0.2, 0) is 4.79 Å². The number of ether oxygens (including phenoxy) is 1. The molecule has 0 aliphatic rings. The van der Waals surface area contributed by atoms with E-state index in [1.54, 1.807) is 18.2 Å². The zero-order valence-corrected chi connectivity index (χ0v) is 12.6. The summed E-state index contributed by atoms with van der Waals surface area (Å²) in [5.41, 5.74) is 1.07. The van der Waals surface area contributed by atoms with Crippen molar-refractivity contribution in [3.63, 3.8) is 0 Å². The lowest BCUT2D eigenvalue weighted by atomic mass is 10.1. The van der Waals surface area contributed by atoms with Crippen molar-refractivity contribution in [3.05, 3.63) is 23.8 Å². The first-order valence-corrected chi connectivity index (χ1v) is 6.94. The molecule has 0 radical (unpaired) electrons. The van der Waals surface area contributed by atoms with Gasteiger partial charge in [0.05, 0.1) is 12.3 Å². The Morgan fingerprint density at radius 3 is 2.50 bits per heavy atom. The molecule has 0 atom stereocenters. The maximum Gasteiger partial charge on any atom is 0.224 e. The summed E-state index contributed by atoms with van der Waals surface area (Å²) in [6, 6.07) is 5.04. The van der Waals surface area contributed by atoms with E-state index in [1.807, 2.05) is 13.8 Å². The van der Waals surface area contributed by atoms with Crippen LogP contribution in [-0.4, -0.2) is 18.8 Å². The van der Waals surface area contributed by atoms with E-state index in [9.17, 15) is 9.59 Å². The highest BCUT2D eigenvalue weighted by Gasteiger charge is 2.11. The predicted molar refractivity (Wildman–Crippen MR) is 80.2 cm³/mol. The molecule has 4 heteroatoms. The second kappa shape index (κ2) is 7.68. The Labute approximate surface area is 120 Å². The van der Waals surface area contributed by atoms with Gasteiger partial charge < -0.3 is 10.1 Å². The van der Waals surface area contributed by atoms with Crippen LogP contribution in [0.2, 0.25) is 0 Å². The Kier molecular flexibility index (Phi) is 6.22. The first-order chi connectivity index (χ1) is 9.42. The van der Waals surface area contributed by atoms with Crippen LogP contribution in [0.25, 0.3) is 0 Å². The smallest absolute Gasteiger partial charge is 0.224 e. The van der Waals surface area contributed by atoms with Gasteiger partial charge in [-0.15, -0.1) is 0 Å². The van der Waals surface area contributed by atoms with Crippen molar-refractivity contribution in [3.8, 4) is 5.75 Å². The molecule has 0 aliphatic carbocycles. The first-order valence-electron chi connectivity index (χ1n) is 6.94. The Balaban J connectivity index is 2.88. The lowest BCUT2D eigenvalue weighted by Crippen LogP contribution is -2.15. The van der Waals surface area contributed by atoms with Crippen molar-refractivity contribution < 1.29 is 14.3 Å². The van der Waals surface area contributed by atoms with Gasteiger partial charge in [-0.05, 0) is 30.0 Å². The monoisotopic (exact) mass is 277 g/mol. The van der Waals surface area contributed by atoms with Gasteiger partial charge in [0.2, 0.25) is 5.91 Å². The van der Waals surface area contributed by atoms with E-state index in [0.29, 0.717) is 35.9 Å². The maximum atomic E-state index is 11.9. The van der Waals surface area contributed by atoms with Crippen LogP contribution in [0, 0.1) is 11.8 Å². The standard InChI is InChI=1S/C16H23NO3/c1-11(2)7-16(19)17-14-8-13(9-18)5-6-15(14)20-10-12(3)4/h5-6,8-9,11-12H,7,10H2,1-4H3,(H,17,19). The molecule has 20 heavy (non-hydrogen) atoms. The number of amides is 1. The number of carbonyl (C=O) groups excluding carboxylic acids is 2. The van der Waals surface area contributed by atoms with E-state index in [0.717, 1.165) is 6.29 Å². The van der Waals surface area contributed by atoms with Gasteiger partial charge in [0.15, 0.2) is 0 Å². The van der Waals surface area contributed by atoms with Gasteiger partial charge >= 0.3 is 0 Å².